The molecule has 2 amide bonds. The molecule has 1 N–H and O–H groups in total. The number of benzene rings is 2. The maximum absolute atomic E-state index is 14.4. The molecule has 0 radical (unpaired) electrons. The van der Waals surface area contributed by atoms with E-state index in [0.29, 0.717) is 23.2 Å². The van der Waals surface area contributed by atoms with Gasteiger partial charge in [0.1, 0.15) is 11.3 Å². The lowest BCUT2D eigenvalue weighted by Gasteiger charge is -2.24. The lowest BCUT2D eigenvalue weighted by molar-refractivity contribution is 0.0939. The molecule has 3 aromatic rings. The van der Waals surface area contributed by atoms with Crippen molar-refractivity contribution in [2.45, 2.75) is 13.0 Å². The zero-order valence-electron chi connectivity index (χ0n) is 14.1. The highest BCUT2D eigenvalue weighted by molar-refractivity contribution is 6.12. The van der Waals surface area contributed by atoms with Crippen LogP contribution >= 0.6 is 0 Å². The van der Waals surface area contributed by atoms with Gasteiger partial charge in [-0.3, -0.25) is 14.6 Å². The second-order valence-electron chi connectivity index (χ2n) is 6.34. The third-order valence-electron chi connectivity index (χ3n) is 4.42. The van der Waals surface area contributed by atoms with Gasteiger partial charge in [0, 0.05) is 29.7 Å². The second-order valence-corrected chi connectivity index (χ2v) is 6.34. The first-order chi connectivity index (χ1) is 12.5. The van der Waals surface area contributed by atoms with Crippen LogP contribution in [0.2, 0.25) is 0 Å². The summed E-state index contributed by atoms with van der Waals surface area (Å²) in [5.74, 6) is -1.13. The molecule has 1 atom stereocenters. The van der Waals surface area contributed by atoms with Crippen LogP contribution in [0.4, 0.5) is 10.1 Å². The van der Waals surface area contributed by atoms with Crippen LogP contribution in [0.1, 0.15) is 27.6 Å². The molecule has 1 aliphatic heterocycles. The quantitative estimate of drug-likeness (QED) is 0.734. The highest BCUT2D eigenvalue weighted by atomic mass is 19.1. The third-order valence-corrected chi connectivity index (χ3v) is 4.42. The number of hydrogen-bond donors (Lipinski definition) is 1. The summed E-state index contributed by atoms with van der Waals surface area (Å²) in [5, 5.41) is 3.42. The van der Waals surface area contributed by atoms with Gasteiger partial charge >= 0.3 is 0 Å². The molecular formula is C20H16FN3O2. The van der Waals surface area contributed by atoms with Gasteiger partial charge in [-0.1, -0.05) is 18.2 Å². The Balaban J connectivity index is 1.82. The number of halogens is 1. The number of nitrogens with one attached hydrogen (secondary N) is 1. The zero-order chi connectivity index (χ0) is 18.3. The van der Waals surface area contributed by atoms with Crippen LogP contribution in [-0.2, 0) is 0 Å². The number of nitrogens with zero attached hydrogens (tertiary/aromatic N) is 2. The molecule has 2 heterocycles. The monoisotopic (exact) mass is 349 g/mol. The molecule has 1 aliphatic rings. The molecule has 130 valence electrons. The van der Waals surface area contributed by atoms with Gasteiger partial charge < -0.3 is 10.2 Å². The fraction of sp³-hybridized carbons (Fsp3) is 0.150. The van der Waals surface area contributed by atoms with Crippen molar-refractivity contribution in [3.63, 3.8) is 0 Å². The Morgan fingerprint density at radius 1 is 1.23 bits per heavy atom. The molecule has 0 saturated heterocycles. The van der Waals surface area contributed by atoms with Crippen LogP contribution in [0.15, 0.2) is 54.7 Å². The lowest BCUT2D eigenvalue weighted by Crippen LogP contribution is -2.41. The number of anilines is 1. The van der Waals surface area contributed by atoms with Crippen molar-refractivity contribution in [2.75, 3.05) is 11.4 Å². The van der Waals surface area contributed by atoms with Crippen molar-refractivity contribution in [2.24, 2.45) is 0 Å². The van der Waals surface area contributed by atoms with Gasteiger partial charge in [-0.05, 0) is 37.3 Å². The van der Waals surface area contributed by atoms with Crippen LogP contribution < -0.4 is 10.2 Å². The first kappa shape index (κ1) is 16.2. The summed E-state index contributed by atoms with van der Waals surface area (Å²) in [7, 11) is 0. The van der Waals surface area contributed by atoms with Gasteiger partial charge in [-0.15, -0.1) is 0 Å². The first-order valence-electron chi connectivity index (χ1n) is 8.30. The van der Waals surface area contributed by atoms with Gasteiger partial charge in [-0.25, -0.2) is 4.39 Å². The van der Waals surface area contributed by atoms with Crippen molar-refractivity contribution < 1.29 is 14.0 Å². The maximum atomic E-state index is 14.4. The number of carbonyl (C=O) groups is 2. The van der Waals surface area contributed by atoms with E-state index in [9.17, 15) is 14.0 Å². The van der Waals surface area contributed by atoms with E-state index < -0.39 is 5.82 Å². The lowest BCUT2D eigenvalue weighted by atomic mass is 10.1. The van der Waals surface area contributed by atoms with Gasteiger partial charge in [-0.2, -0.15) is 0 Å². The molecule has 1 aromatic heterocycles. The molecule has 0 fully saturated rings. The number of aromatic nitrogens is 1. The van der Waals surface area contributed by atoms with E-state index in [-0.39, 0.29) is 28.9 Å². The number of pyridine rings is 1. The number of rotatable bonds is 1. The molecule has 26 heavy (non-hydrogen) atoms. The highest BCUT2D eigenvalue weighted by Crippen LogP contribution is 2.26. The van der Waals surface area contributed by atoms with Crippen LogP contribution in [0.3, 0.4) is 0 Å². The van der Waals surface area contributed by atoms with E-state index in [2.05, 4.69) is 10.3 Å². The fourth-order valence-corrected chi connectivity index (χ4v) is 3.24. The number of carbonyl (C=O) groups excluding carboxylic acids is 2. The summed E-state index contributed by atoms with van der Waals surface area (Å²) in [4.78, 5) is 31.0. The molecular weight excluding hydrogens is 333 g/mol. The molecule has 5 nitrogen and oxygen atoms in total. The molecule has 0 spiro atoms. The summed E-state index contributed by atoms with van der Waals surface area (Å²) in [6, 6.07) is 12.9. The largest absolute Gasteiger partial charge is 0.348 e. The SMILES string of the molecule is CC1CN(C(=O)c2cc(F)c3ncccc3c2)c2ccccc2C(=O)N1. The van der Waals surface area contributed by atoms with Crippen LogP contribution in [0.25, 0.3) is 10.9 Å². The fourth-order valence-electron chi connectivity index (χ4n) is 3.24. The van der Waals surface area contributed by atoms with Crippen molar-refractivity contribution >= 4 is 28.4 Å². The number of fused-ring (bicyclic) bond motifs is 2. The van der Waals surface area contributed by atoms with Crippen molar-refractivity contribution in [3.05, 3.63) is 71.7 Å². The first-order valence-corrected chi connectivity index (χ1v) is 8.30. The van der Waals surface area contributed by atoms with Crippen LogP contribution in [0, 0.1) is 5.82 Å². The van der Waals surface area contributed by atoms with Gasteiger partial charge in [0.25, 0.3) is 11.8 Å². The Kier molecular flexibility index (Phi) is 3.88. The minimum atomic E-state index is -0.545. The maximum Gasteiger partial charge on any atom is 0.258 e. The third kappa shape index (κ3) is 2.69. The Labute approximate surface area is 149 Å². The molecule has 2 aromatic carbocycles. The molecule has 6 heteroatoms. The number of amides is 2. The molecule has 0 bridgehead atoms. The normalized spacial score (nSPS) is 16.8. The number of hydrogen-bond acceptors (Lipinski definition) is 3. The Bertz CT molecular complexity index is 1030. The van der Waals surface area contributed by atoms with E-state index in [1.807, 2.05) is 6.92 Å². The van der Waals surface area contributed by atoms with E-state index in [4.69, 9.17) is 0 Å². The Morgan fingerprint density at radius 2 is 2.04 bits per heavy atom. The summed E-state index contributed by atoms with van der Waals surface area (Å²) in [5.41, 5.74) is 1.39. The van der Waals surface area contributed by atoms with Crippen molar-refractivity contribution in [1.82, 2.24) is 10.3 Å². The van der Waals surface area contributed by atoms with Gasteiger partial charge in [0.2, 0.25) is 0 Å². The van der Waals surface area contributed by atoms with E-state index in [1.54, 1.807) is 42.5 Å². The average molecular weight is 349 g/mol. The summed E-state index contributed by atoms with van der Waals surface area (Å²) >= 11 is 0. The summed E-state index contributed by atoms with van der Waals surface area (Å²) in [6.45, 7) is 2.13. The molecule has 1 unspecified atom stereocenters. The Morgan fingerprint density at radius 3 is 2.88 bits per heavy atom. The summed E-state index contributed by atoms with van der Waals surface area (Å²) < 4.78 is 14.4. The van der Waals surface area contributed by atoms with E-state index in [1.165, 1.54) is 17.2 Å². The zero-order valence-corrected chi connectivity index (χ0v) is 14.1. The Hall–Kier alpha value is -3.28. The smallest absolute Gasteiger partial charge is 0.258 e. The average Bonchev–Trinajstić information content (AvgIpc) is 2.77. The minimum Gasteiger partial charge on any atom is -0.348 e. The molecule has 0 saturated carbocycles. The predicted molar refractivity (Wildman–Crippen MR) is 96.7 cm³/mol. The highest BCUT2D eigenvalue weighted by Gasteiger charge is 2.29. The minimum absolute atomic E-state index is 0.222. The van der Waals surface area contributed by atoms with Gasteiger partial charge in [0.05, 0.1) is 11.3 Å². The summed E-state index contributed by atoms with van der Waals surface area (Å²) in [6.07, 6.45) is 1.51. The van der Waals surface area contributed by atoms with Crippen LogP contribution in [0.5, 0.6) is 0 Å². The van der Waals surface area contributed by atoms with E-state index >= 15 is 0 Å². The second kappa shape index (κ2) is 6.22. The van der Waals surface area contributed by atoms with Gasteiger partial charge in [0.15, 0.2) is 0 Å². The topological polar surface area (TPSA) is 62.3 Å². The molecule has 4 rings (SSSR count). The van der Waals surface area contributed by atoms with Crippen molar-refractivity contribution in [3.8, 4) is 0 Å². The van der Waals surface area contributed by atoms with Crippen molar-refractivity contribution in [1.29, 1.82) is 0 Å². The van der Waals surface area contributed by atoms with Crippen LogP contribution in [-0.4, -0.2) is 29.4 Å². The standard InChI is InChI=1S/C20H16FN3O2/c1-12-11-24(17-7-3-2-6-15(17)19(25)23-12)20(26)14-9-13-5-4-8-22-18(13)16(21)10-14/h2-10,12H,11H2,1H3,(H,23,25). The predicted octanol–water partition coefficient (Wildman–Crippen LogP) is 3.15. The molecule has 0 aliphatic carbocycles. The number of para-hydroxylation sites is 1. The van der Waals surface area contributed by atoms with E-state index in [0.717, 1.165) is 0 Å².